The number of aromatic nitrogens is 2. The van der Waals surface area contributed by atoms with E-state index in [0.29, 0.717) is 13.1 Å². The van der Waals surface area contributed by atoms with Gasteiger partial charge in [-0.15, -0.1) is 0 Å². The second-order valence-electron chi connectivity index (χ2n) is 7.32. The van der Waals surface area contributed by atoms with Crippen molar-refractivity contribution in [3.8, 4) is 0 Å². The fourth-order valence-corrected chi connectivity index (χ4v) is 3.53. The number of hydrogen-bond donors (Lipinski definition) is 3. The molecule has 0 saturated heterocycles. The number of nitrogens with one attached hydrogen (secondary N) is 3. The van der Waals surface area contributed by atoms with E-state index >= 15 is 0 Å². The molecule has 1 fully saturated rings. The van der Waals surface area contributed by atoms with Gasteiger partial charge in [0.1, 0.15) is 0 Å². The Bertz CT molecular complexity index is 604. The molecule has 27 heavy (non-hydrogen) atoms. The van der Waals surface area contributed by atoms with E-state index in [2.05, 4.69) is 46.0 Å². The van der Waals surface area contributed by atoms with Gasteiger partial charge < -0.3 is 16.0 Å². The highest BCUT2D eigenvalue weighted by molar-refractivity contribution is 5.80. The van der Waals surface area contributed by atoms with Gasteiger partial charge in [-0.25, -0.2) is 0 Å². The van der Waals surface area contributed by atoms with Crippen molar-refractivity contribution in [3.05, 3.63) is 17.5 Å². The van der Waals surface area contributed by atoms with Gasteiger partial charge in [-0.1, -0.05) is 19.3 Å². The molecule has 7 heteroatoms. The lowest BCUT2D eigenvalue weighted by Crippen LogP contribution is -2.42. The zero-order valence-electron chi connectivity index (χ0n) is 17.2. The fourth-order valence-electron chi connectivity index (χ4n) is 3.53. The summed E-state index contributed by atoms with van der Waals surface area (Å²) in [5.41, 5.74) is 2.25. The Balaban J connectivity index is 1.65. The van der Waals surface area contributed by atoms with Crippen molar-refractivity contribution in [1.82, 2.24) is 25.7 Å². The second-order valence-corrected chi connectivity index (χ2v) is 7.32. The van der Waals surface area contributed by atoms with Gasteiger partial charge in [0.05, 0.1) is 5.69 Å². The quantitative estimate of drug-likeness (QED) is 0.350. The van der Waals surface area contributed by atoms with E-state index in [0.717, 1.165) is 50.6 Å². The monoisotopic (exact) mass is 376 g/mol. The maximum absolute atomic E-state index is 12.2. The SMILES string of the molecule is CCNC(=NCCCn1nc(C)cc1C)NCCNC(=O)C1CCCCC1. The van der Waals surface area contributed by atoms with Gasteiger partial charge in [0.15, 0.2) is 5.96 Å². The third kappa shape index (κ3) is 7.61. The van der Waals surface area contributed by atoms with Crippen molar-refractivity contribution >= 4 is 11.9 Å². The highest BCUT2D eigenvalue weighted by atomic mass is 16.1. The first kappa shape index (κ1) is 21.3. The van der Waals surface area contributed by atoms with Crippen molar-refractivity contribution in [2.75, 3.05) is 26.2 Å². The Morgan fingerprint density at radius 1 is 1.19 bits per heavy atom. The number of carbonyl (C=O) groups is 1. The van der Waals surface area contributed by atoms with Gasteiger partial charge >= 0.3 is 0 Å². The molecule has 1 aliphatic rings. The minimum absolute atomic E-state index is 0.211. The summed E-state index contributed by atoms with van der Waals surface area (Å²) in [5.74, 6) is 1.23. The Morgan fingerprint density at radius 3 is 2.59 bits per heavy atom. The highest BCUT2D eigenvalue weighted by Gasteiger charge is 2.20. The Hall–Kier alpha value is -2.05. The summed E-state index contributed by atoms with van der Waals surface area (Å²) >= 11 is 0. The lowest BCUT2D eigenvalue weighted by Gasteiger charge is -2.21. The largest absolute Gasteiger partial charge is 0.357 e. The number of guanidine groups is 1. The molecule has 0 bridgehead atoms. The highest BCUT2D eigenvalue weighted by Crippen LogP contribution is 2.23. The normalized spacial score (nSPS) is 15.6. The number of rotatable bonds is 9. The van der Waals surface area contributed by atoms with Crippen LogP contribution in [0.15, 0.2) is 11.1 Å². The van der Waals surface area contributed by atoms with Crippen LogP contribution in [0.2, 0.25) is 0 Å². The van der Waals surface area contributed by atoms with E-state index < -0.39 is 0 Å². The number of aryl methyl sites for hydroxylation is 3. The minimum atomic E-state index is 0.211. The van der Waals surface area contributed by atoms with Crippen LogP contribution in [0.4, 0.5) is 0 Å². The molecular weight excluding hydrogens is 340 g/mol. The summed E-state index contributed by atoms with van der Waals surface area (Å²) in [6.45, 7) is 9.89. The third-order valence-corrected chi connectivity index (χ3v) is 4.94. The van der Waals surface area contributed by atoms with Crippen LogP contribution in [0.3, 0.4) is 0 Å². The summed E-state index contributed by atoms with van der Waals surface area (Å²) in [6.07, 6.45) is 6.66. The van der Waals surface area contributed by atoms with Crippen molar-refractivity contribution in [2.45, 2.75) is 65.8 Å². The van der Waals surface area contributed by atoms with Crippen LogP contribution in [0.5, 0.6) is 0 Å². The van der Waals surface area contributed by atoms with Gasteiger partial charge in [0.25, 0.3) is 0 Å². The molecule has 1 aromatic rings. The number of amides is 1. The maximum atomic E-state index is 12.2. The predicted octanol–water partition coefficient (Wildman–Crippen LogP) is 2.14. The van der Waals surface area contributed by atoms with Crippen LogP contribution in [0.25, 0.3) is 0 Å². The number of hydrogen-bond acceptors (Lipinski definition) is 3. The van der Waals surface area contributed by atoms with Crippen LogP contribution < -0.4 is 16.0 Å². The Kier molecular flexibility index (Phi) is 9.15. The summed E-state index contributed by atoms with van der Waals surface area (Å²) < 4.78 is 2.03. The fraction of sp³-hybridized carbons (Fsp3) is 0.750. The minimum Gasteiger partial charge on any atom is -0.357 e. The molecule has 2 rings (SSSR count). The first-order chi connectivity index (χ1) is 13.1. The standard InChI is InChI=1S/C20H36N6O/c1-4-21-20(23-11-8-14-26-17(3)15-16(2)25-26)24-13-12-22-19(27)18-9-6-5-7-10-18/h15,18H,4-14H2,1-3H3,(H,22,27)(H2,21,23,24). The average Bonchev–Trinajstić information content (AvgIpc) is 2.99. The zero-order chi connectivity index (χ0) is 19.5. The molecular formula is C20H36N6O. The molecule has 1 heterocycles. The van der Waals surface area contributed by atoms with Gasteiger partial charge in [-0.05, 0) is 46.1 Å². The number of carbonyl (C=O) groups excluding carboxylic acids is 1. The Labute approximate surface area is 163 Å². The van der Waals surface area contributed by atoms with E-state index in [1.54, 1.807) is 0 Å². The molecule has 0 radical (unpaired) electrons. The van der Waals surface area contributed by atoms with Crippen LogP contribution >= 0.6 is 0 Å². The van der Waals surface area contributed by atoms with Crippen molar-refractivity contribution in [3.63, 3.8) is 0 Å². The molecule has 0 atom stereocenters. The smallest absolute Gasteiger partial charge is 0.223 e. The van der Waals surface area contributed by atoms with Crippen LogP contribution in [0.1, 0.15) is 56.8 Å². The van der Waals surface area contributed by atoms with Gasteiger partial charge in [0.2, 0.25) is 5.91 Å². The van der Waals surface area contributed by atoms with E-state index in [4.69, 9.17) is 0 Å². The van der Waals surface area contributed by atoms with Gasteiger partial charge in [-0.3, -0.25) is 14.5 Å². The molecule has 1 aromatic heterocycles. The van der Waals surface area contributed by atoms with Crippen molar-refractivity contribution in [1.29, 1.82) is 0 Å². The molecule has 152 valence electrons. The van der Waals surface area contributed by atoms with Crippen molar-refractivity contribution in [2.24, 2.45) is 10.9 Å². The second kappa shape index (κ2) is 11.6. The van der Waals surface area contributed by atoms with Gasteiger partial charge in [-0.2, -0.15) is 5.10 Å². The first-order valence-electron chi connectivity index (χ1n) is 10.4. The maximum Gasteiger partial charge on any atom is 0.223 e. The molecule has 0 aliphatic heterocycles. The topological polar surface area (TPSA) is 83.3 Å². The lowest BCUT2D eigenvalue weighted by molar-refractivity contribution is -0.125. The summed E-state index contributed by atoms with van der Waals surface area (Å²) in [7, 11) is 0. The lowest BCUT2D eigenvalue weighted by atomic mass is 9.89. The Morgan fingerprint density at radius 2 is 1.93 bits per heavy atom. The van der Waals surface area contributed by atoms with Crippen LogP contribution in [-0.2, 0) is 11.3 Å². The molecule has 3 N–H and O–H groups in total. The molecule has 0 unspecified atom stereocenters. The van der Waals surface area contributed by atoms with Gasteiger partial charge in [0, 0.05) is 44.3 Å². The predicted molar refractivity (Wildman–Crippen MR) is 110 cm³/mol. The molecule has 1 amide bonds. The van der Waals surface area contributed by atoms with E-state index in [1.165, 1.54) is 25.0 Å². The van der Waals surface area contributed by atoms with E-state index in [-0.39, 0.29) is 11.8 Å². The summed E-state index contributed by atoms with van der Waals surface area (Å²) in [5, 5.41) is 14.1. The molecule has 0 spiro atoms. The summed E-state index contributed by atoms with van der Waals surface area (Å²) in [4.78, 5) is 16.8. The van der Waals surface area contributed by atoms with Crippen molar-refractivity contribution < 1.29 is 4.79 Å². The zero-order valence-corrected chi connectivity index (χ0v) is 17.2. The molecule has 1 aliphatic carbocycles. The number of aliphatic imine (C=N–C) groups is 1. The molecule has 7 nitrogen and oxygen atoms in total. The third-order valence-electron chi connectivity index (χ3n) is 4.94. The molecule has 0 aromatic carbocycles. The first-order valence-corrected chi connectivity index (χ1v) is 10.4. The van der Waals surface area contributed by atoms with Crippen LogP contribution in [0, 0.1) is 19.8 Å². The number of nitrogens with zero attached hydrogens (tertiary/aromatic N) is 3. The van der Waals surface area contributed by atoms with E-state index in [9.17, 15) is 4.79 Å². The molecule has 1 saturated carbocycles. The summed E-state index contributed by atoms with van der Waals surface area (Å²) in [6, 6.07) is 2.09. The van der Waals surface area contributed by atoms with Crippen LogP contribution in [-0.4, -0.2) is 47.8 Å². The average molecular weight is 377 g/mol. The van der Waals surface area contributed by atoms with E-state index in [1.807, 2.05) is 11.6 Å².